The zero-order valence-corrected chi connectivity index (χ0v) is 10.6. The van der Waals surface area contributed by atoms with Crippen molar-refractivity contribution in [2.45, 2.75) is 58.0 Å². The number of ether oxygens (including phenoxy) is 1. The topological polar surface area (TPSA) is 72.6 Å². The molecule has 0 saturated carbocycles. The lowest BCUT2D eigenvalue weighted by atomic mass is 10.2. The smallest absolute Gasteiger partial charge is 0.411 e. The molecule has 17 heavy (non-hydrogen) atoms. The fraction of sp³-hybridized carbons (Fsp3) is 0.818. The average Bonchev–Trinajstić information content (AvgIpc) is 2.40. The molecule has 3 atom stereocenters. The number of hydrogen-bond donors (Lipinski definition) is 1. The first-order chi connectivity index (χ1) is 7.63. The molecule has 1 aliphatic heterocycles. The quantitative estimate of drug-likeness (QED) is 0.755. The molecule has 5 nitrogen and oxygen atoms in total. The third-order valence-electron chi connectivity index (χ3n) is 2.68. The van der Waals surface area contributed by atoms with Crippen molar-refractivity contribution in [1.29, 1.82) is 0 Å². The summed E-state index contributed by atoms with van der Waals surface area (Å²) in [5.74, 6) is -0.706. The lowest BCUT2D eigenvalue weighted by molar-refractivity contribution is -0.122. The van der Waals surface area contributed by atoms with Crippen molar-refractivity contribution in [2.75, 3.05) is 0 Å². The molecule has 0 aliphatic carbocycles. The largest absolute Gasteiger partial charge is 0.444 e. The number of nitrogens with zero attached hydrogens (tertiary/aromatic N) is 1. The predicted octanol–water partition coefficient (Wildman–Crippen LogP) is 1.21. The highest BCUT2D eigenvalue weighted by molar-refractivity contribution is 5.85. The third-order valence-corrected chi connectivity index (χ3v) is 2.68. The van der Waals surface area contributed by atoms with Gasteiger partial charge in [0.25, 0.3) is 0 Å². The van der Waals surface area contributed by atoms with Gasteiger partial charge < -0.3 is 10.5 Å². The Labute approximate surface area is 100 Å². The number of alkyl halides is 1. The van der Waals surface area contributed by atoms with Gasteiger partial charge in [0.1, 0.15) is 17.8 Å². The van der Waals surface area contributed by atoms with Crippen molar-refractivity contribution >= 4 is 12.0 Å². The molecule has 0 aromatic rings. The maximum Gasteiger partial charge on any atom is 0.411 e. The van der Waals surface area contributed by atoms with Crippen molar-refractivity contribution in [3.05, 3.63) is 0 Å². The van der Waals surface area contributed by atoms with Gasteiger partial charge in [0.15, 0.2) is 0 Å². The van der Waals surface area contributed by atoms with Gasteiger partial charge in [-0.15, -0.1) is 0 Å². The summed E-state index contributed by atoms with van der Waals surface area (Å²) in [6.45, 7) is 6.66. The van der Waals surface area contributed by atoms with E-state index in [4.69, 9.17) is 10.5 Å². The maximum atomic E-state index is 13.5. The van der Waals surface area contributed by atoms with Crippen LogP contribution in [-0.4, -0.2) is 40.8 Å². The SMILES string of the molecule is C[C@H]1[C@H](F)C[C@@H](C(N)=O)N1C(=O)OC(C)(C)C. The number of carbonyl (C=O) groups excluding carboxylic acids is 2. The molecule has 0 aromatic carbocycles. The molecular weight excluding hydrogens is 227 g/mol. The summed E-state index contributed by atoms with van der Waals surface area (Å²) in [6.07, 6.45) is -2.01. The van der Waals surface area contributed by atoms with E-state index in [0.29, 0.717) is 0 Å². The molecule has 0 aromatic heterocycles. The van der Waals surface area contributed by atoms with Crippen LogP contribution in [0.15, 0.2) is 0 Å². The van der Waals surface area contributed by atoms with Gasteiger partial charge in [0.05, 0.1) is 6.04 Å². The Morgan fingerprint density at radius 1 is 1.41 bits per heavy atom. The summed E-state index contributed by atoms with van der Waals surface area (Å²) in [4.78, 5) is 24.1. The molecule has 1 heterocycles. The van der Waals surface area contributed by atoms with Gasteiger partial charge in [-0.05, 0) is 27.7 Å². The summed E-state index contributed by atoms with van der Waals surface area (Å²) >= 11 is 0. The zero-order chi connectivity index (χ0) is 13.4. The van der Waals surface area contributed by atoms with Crippen molar-refractivity contribution in [1.82, 2.24) is 4.90 Å². The highest BCUT2D eigenvalue weighted by Gasteiger charge is 2.45. The highest BCUT2D eigenvalue weighted by Crippen LogP contribution is 2.28. The molecule has 0 unspecified atom stereocenters. The Kier molecular flexibility index (Phi) is 3.64. The van der Waals surface area contributed by atoms with Crippen LogP contribution in [0.3, 0.4) is 0 Å². The molecule has 1 rings (SSSR count). The number of amides is 2. The zero-order valence-electron chi connectivity index (χ0n) is 10.6. The monoisotopic (exact) mass is 246 g/mol. The Bertz CT molecular complexity index is 327. The van der Waals surface area contributed by atoms with E-state index in [1.165, 1.54) is 6.92 Å². The summed E-state index contributed by atoms with van der Waals surface area (Å²) in [5, 5.41) is 0. The van der Waals surface area contributed by atoms with E-state index in [1.54, 1.807) is 20.8 Å². The highest BCUT2D eigenvalue weighted by atomic mass is 19.1. The van der Waals surface area contributed by atoms with E-state index in [1.807, 2.05) is 0 Å². The molecule has 1 fully saturated rings. The van der Waals surface area contributed by atoms with E-state index >= 15 is 0 Å². The molecule has 1 saturated heterocycles. The van der Waals surface area contributed by atoms with Gasteiger partial charge >= 0.3 is 6.09 Å². The van der Waals surface area contributed by atoms with Crippen molar-refractivity contribution in [3.63, 3.8) is 0 Å². The first-order valence-electron chi connectivity index (χ1n) is 5.58. The van der Waals surface area contributed by atoms with Crippen LogP contribution in [0.4, 0.5) is 9.18 Å². The standard InChI is InChI=1S/C11H19FN2O3/c1-6-7(12)5-8(9(13)15)14(6)10(16)17-11(2,3)4/h6-8H,5H2,1-4H3,(H2,13,15)/t6-,7+,8-/m0/s1. The summed E-state index contributed by atoms with van der Waals surface area (Å²) in [5.41, 5.74) is 4.47. The molecule has 1 aliphatic rings. The first kappa shape index (κ1) is 13.7. The Morgan fingerprint density at radius 2 is 1.94 bits per heavy atom. The number of halogens is 1. The molecule has 6 heteroatoms. The normalized spacial score (nSPS) is 29.2. The molecule has 98 valence electrons. The molecule has 2 N–H and O–H groups in total. The third kappa shape index (κ3) is 3.08. The van der Waals surface area contributed by atoms with Gasteiger partial charge in [-0.1, -0.05) is 0 Å². The lowest BCUT2D eigenvalue weighted by Crippen LogP contribution is -2.48. The second-order valence-electron chi connectivity index (χ2n) is 5.30. The van der Waals surface area contributed by atoms with Crippen molar-refractivity contribution in [2.24, 2.45) is 5.73 Å². The number of carbonyl (C=O) groups is 2. The van der Waals surface area contributed by atoms with Gasteiger partial charge in [0, 0.05) is 6.42 Å². The number of nitrogens with two attached hydrogens (primary N) is 1. The van der Waals surface area contributed by atoms with Crippen LogP contribution in [-0.2, 0) is 9.53 Å². The number of rotatable bonds is 1. The lowest BCUT2D eigenvalue weighted by Gasteiger charge is -2.29. The minimum atomic E-state index is -1.25. The van der Waals surface area contributed by atoms with Gasteiger partial charge in [-0.2, -0.15) is 0 Å². The van der Waals surface area contributed by atoms with E-state index in [9.17, 15) is 14.0 Å². The van der Waals surface area contributed by atoms with E-state index in [2.05, 4.69) is 0 Å². The van der Waals surface area contributed by atoms with Crippen LogP contribution in [0.5, 0.6) is 0 Å². The molecule has 0 spiro atoms. The second-order valence-corrected chi connectivity index (χ2v) is 5.30. The van der Waals surface area contributed by atoms with E-state index < -0.39 is 35.9 Å². The molecule has 0 radical (unpaired) electrons. The second kappa shape index (κ2) is 4.50. The van der Waals surface area contributed by atoms with Gasteiger partial charge in [-0.25, -0.2) is 9.18 Å². The van der Waals surface area contributed by atoms with Crippen LogP contribution in [0, 0.1) is 0 Å². The van der Waals surface area contributed by atoms with E-state index in [0.717, 1.165) is 4.90 Å². The Hall–Kier alpha value is -1.33. The van der Waals surface area contributed by atoms with Crippen molar-refractivity contribution < 1.29 is 18.7 Å². The van der Waals surface area contributed by atoms with Crippen LogP contribution >= 0.6 is 0 Å². The minimum Gasteiger partial charge on any atom is -0.444 e. The minimum absolute atomic E-state index is 0.0598. The number of likely N-dealkylation sites (tertiary alicyclic amines) is 1. The van der Waals surface area contributed by atoms with Crippen LogP contribution in [0.25, 0.3) is 0 Å². The van der Waals surface area contributed by atoms with Crippen molar-refractivity contribution in [3.8, 4) is 0 Å². The first-order valence-corrected chi connectivity index (χ1v) is 5.58. The summed E-state index contributed by atoms with van der Waals surface area (Å²) in [6, 6.07) is -1.61. The van der Waals surface area contributed by atoms with E-state index in [-0.39, 0.29) is 6.42 Å². The Balaban J connectivity index is 2.85. The average molecular weight is 246 g/mol. The van der Waals surface area contributed by atoms with Crippen LogP contribution in [0.2, 0.25) is 0 Å². The number of primary amides is 1. The van der Waals surface area contributed by atoms with Crippen LogP contribution in [0.1, 0.15) is 34.1 Å². The molecule has 0 bridgehead atoms. The summed E-state index contributed by atoms with van der Waals surface area (Å²) < 4.78 is 18.6. The predicted molar refractivity (Wildman–Crippen MR) is 60.0 cm³/mol. The van der Waals surface area contributed by atoms with Crippen LogP contribution < -0.4 is 5.73 Å². The maximum absolute atomic E-state index is 13.5. The fourth-order valence-electron chi connectivity index (χ4n) is 1.84. The van der Waals surface area contributed by atoms with Gasteiger partial charge in [0.2, 0.25) is 5.91 Å². The molecular formula is C11H19FN2O3. The molecule has 2 amide bonds. The number of hydrogen-bond acceptors (Lipinski definition) is 3. The summed E-state index contributed by atoms with van der Waals surface area (Å²) in [7, 11) is 0. The van der Waals surface area contributed by atoms with Gasteiger partial charge in [-0.3, -0.25) is 9.69 Å². The Morgan fingerprint density at radius 3 is 2.35 bits per heavy atom. The fourth-order valence-corrected chi connectivity index (χ4v) is 1.84.